The Bertz CT molecular complexity index is 3920. The van der Waals surface area contributed by atoms with Gasteiger partial charge in [-0.1, -0.05) is 164 Å². The first kappa shape index (κ1) is 34.8. The Kier molecular flexibility index (Phi) is 7.74. The molecule has 0 aliphatic heterocycles. The van der Waals surface area contributed by atoms with E-state index in [0.717, 1.165) is 49.6 Å². The second kappa shape index (κ2) is 13.8. The van der Waals surface area contributed by atoms with E-state index in [1.807, 2.05) is 18.2 Å². The highest BCUT2D eigenvalue weighted by Crippen LogP contribution is 2.45. The summed E-state index contributed by atoms with van der Waals surface area (Å²) >= 11 is 1.80. The fourth-order valence-corrected chi connectivity index (χ4v) is 10.8. The van der Waals surface area contributed by atoms with Crippen LogP contribution in [0.5, 0.6) is 0 Å². The van der Waals surface area contributed by atoms with Crippen LogP contribution in [0.15, 0.2) is 206 Å². The average molecular weight is 807 g/mol. The van der Waals surface area contributed by atoms with Gasteiger partial charge in [0.05, 0.1) is 11.0 Å². The fraction of sp³-hybridized carbons (Fsp3) is 0. The van der Waals surface area contributed by atoms with Crippen molar-refractivity contribution >= 4 is 85.6 Å². The Morgan fingerprint density at radius 2 is 0.871 bits per heavy atom. The molecule has 0 aliphatic carbocycles. The lowest BCUT2D eigenvalue weighted by atomic mass is 9.91. The van der Waals surface area contributed by atoms with Gasteiger partial charge in [0.2, 0.25) is 0 Å². The standard InChI is InChI=1S/C57H34N4S/c1-3-16-35(17-4-1)37-30-31-50-46(32-37)42-23-11-13-27-49(42)61(50)38-33-47-41-22-8-7-20-39(41)40-21-9-10-24-43(40)53(47)48(34-38)57-59-55(36-18-5-2-6-19-36)58-56(60-57)45-26-15-29-52-54(45)44-25-12-14-28-51(44)62-52/h1-34H. The molecule has 0 unspecified atom stereocenters. The van der Waals surface area contributed by atoms with Crippen LogP contribution in [0.4, 0.5) is 0 Å². The number of hydrogen-bond acceptors (Lipinski definition) is 4. The molecule has 3 aromatic heterocycles. The summed E-state index contributed by atoms with van der Waals surface area (Å²) in [6, 6.07) is 73.9. The van der Waals surface area contributed by atoms with Crippen molar-refractivity contribution in [3.8, 4) is 51.0 Å². The molecule has 4 nitrogen and oxygen atoms in total. The van der Waals surface area contributed by atoms with E-state index in [1.54, 1.807) is 11.3 Å². The molecule has 13 rings (SSSR count). The van der Waals surface area contributed by atoms with Crippen LogP contribution in [0.3, 0.4) is 0 Å². The third-order valence-corrected chi connectivity index (χ3v) is 13.6. The zero-order chi connectivity index (χ0) is 40.7. The van der Waals surface area contributed by atoms with Crippen molar-refractivity contribution < 1.29 is 0 Å². The summed E-state index contributed by atoms with van der Waals surface area (Å²) in [5.74, 6) is 1.91. The minimum Gasteiger partial charge on any atom is -0.309 e. The minimum absolute atomic E-state index is 0.629. The lowest BCUT2D eigenvalue weighted by Crippen LogP contribution is -2.02. The maximum atomic E-state index is 5.54. The van der Waals surface area contributed by atoms with Gasteiger partial charge >= 0.3 is 0 Å². The molecule has 13 aromatic rings. The number of rotatable bonds is 5. The zero-order valence-corrected chi connectivity index (χ0v) is 34.1. The van der Waals surface area contributed by atoms with E-state index in [9.17, 15) is 0 Å². The van der Waals surface area contributed by atoms with Gasteiger partial charge in [0.15, 0.2) is 17.5 Å². The van der Waals surface area contributed by atoms with Crippen LogP contribution >= 0.6 is 11.3 Å². The highest BCUT2D eigenvalue weighted by atomic mass is 32.1. The molecule has 288 valence electrons. The van der Waals surface area contributed by atoms with Gasteiger partial charge in [-0.05, 0) is 80.5 Å². The predicted molar refractivity (Wildman–Crippen MR) is 261 cm³/mol. The van der Waals surface area contributed by atoms with Crippen molar-refractivity contribution in [2.24, 2.45) is 0 Å². The molecule has 0 aliphatic rings. The Morgan fingerprint density at radius 3 is 1.65 bits per heavy atom. The van der Waals surface area contributed by atoms with E-state index < -0.39 is 0 Å². The Morgan fingerprint density at radius 1 is 0.306 bits per heavy atom. The van der Waals surface area contributed by atoms with Crippen molar-refractivity contribution in [3.05, 3.63) is 206 Å². The van der Waals surface area contributed by atoms with Crippen molar-refractivity contribution in [1.82, 2.24) is 19.5 Å². The van der Waals surface area contributed by atoms with Crippen molar-refractivity contribution in [2.75, 3.05) is 0 Å². The van der Waals surface area contributed by atoms with E-state index in [4.69, 9.17) is 15.0 Å². The first-order valence-corrected chi connectivity index (χ1v) is 21.8. The molecule has 0 saturated heterocycles. The van der Waals surface area contributed by atoms with E-state index >= 15 is 0 Å². The number of para-hydroxylation sites is 1. The van der Waals surface area contributed by atoms with Gasteiger partial charge in [0, 0.05) is 58.7 Å². The molecule has 0 N–H and O–H groups in total. The smallest absolute Gasteiger partial charge is 0.164 e. The number of hydrogen-bond donors (Lipinski definition) is 0. The lowest BCUT2D eigenvalue weighted by molar-refractivity contribution is 1.08. The second-order valence-electron chi connectivity index (χ2n) is 15.9. The van der Waals surface area contributed by atoms with E-state index in [0.29, 0.717) is 17.5 Å². The second-order valence-corrected chi connectivity index (χ2v) is 17.0. The van der Waals surface area contributed by atoms with Crippen LogP contribution in [-0.2, 0) is 0 Å². The van der Waals surface area contributed by atoms with Gasteiger partial charge < -0.3 is 4.57 Å². The lowest BCUT2D eigenvalue weighted by Gasteiger charge is -2.18. The zero-order valence-electron chi connectivity index (χ0n) is 33.3. The van der Waals surface area contributed by atoms with Crippen LogP contribution < -0.4 is 0 Å². The summed E-state index contributed by atoms with van der Waals surface area (Å²) in [5.41, 5.74) is 8.59. The fourth-order valence-electron chi connectivity index (χ4n) is 9.68. The highest BCUT2D eigenvalue weighted by molar-refractivity contribution is 7.25. The number of aromatic nitrogens is 4. The number of fused-ring (bicyclic) bond motifs is 12. The van der Waals surface area contributed by atoms with Gasteiger partial charge in [0.1, 0.15) is 0 Å². The van der Waals surface area contributed by atoms with Crippen molar-refractivity contribution in [2.45, 2.75) is 0 Å². The van der Waals surface area contributed by atoms with Gasteiger partial charge in [-0.2, -0.15) is 0 Å². The highest BCUT2D eigenvalue weighted by Gasteiger charge is 2.22. The molecule has 0 atom stereocenters. The summed E-state index contributed by atoms with van der Waals surface area (Å²) in [6.07, 6.45) is 0. The first-order chi connectivity index (χ1) is 30.7. The summed E-state index contributed by atoms with van der Waals surface area (Å²) in [5, 5.41) is 11.8. The van der Waals surface area contributed by atoms with Gasteiger partial charge in [-0.3, -0.25) is 0 Å². The molecule has 3 heterocycles. The summed E-state index contributed by atoms with van der Waals surface area (Å²) in [6.45, 7) is 0. The molecular weight excluding hydrogens is 773 g/mol. The third-order valence-electron chi connectivity index (χ3n) is 12.4. The maximum absolute atomic E-state index is 5.54. The third kappa shape index (κ3) is 5.35. The minimum atomic E-state index is 0.629. The van der Waals surface area contributed by atoms with Crippen LogP contribution in [0.25, 0.3) is 125 Å². The molecule has 0 spiro atoms. The van der Waals surface area contributed by atoms with Crippen LogP contribution in [-0.4, -0.2) is 19.5 Å². The summed E-state index contributed by atoms with van der Waals surface area (Å²) in [4.78, 5) is 16.3. The molecule has 0 amide bonds. The molecule has 10 aromatic carbocycles. The molecule has 0 saturated carbocycles. The van der Waals surface area contributed by atoms with Gasteiger partial charge in [0.25, 0.3) is 0 Å². The molecule has 0 fully saturated rings. The Labute approximate surface area is 360 Å². The van der Waals surface area contributed by atoms with E-state index in [-0.39, 0.29) is 0 Å². The monoisotopic (exact) mass is 806 g/mol. The van der Waals surface area contributed by atoms with Crippen LogP contribution in [0.1, 0.15) is 0 Å². The topological polar surface area (TPSA) is 43.6 Å². The normalized spacial score (nSPS) is 11.9. The predicted octanol–water partition coefficient (Wildman–Crippen LogP) is 15.5. The quantitative estimate of drug-likeness (QED) is 0.163. The van der Waals surface area contributed by atoms with Gasteiger partial charge in [-0.15, -0.1) is 11.3 Å². The van der Waals surface area contributed by atoms with Crippen LogP contribution in [0.2, 0.25) is 0 Å². The summed E-state index contributed by atoms with van der Waals surface area (Å²) < 4.78 is 4.87. The maximum Gasteiger partial charge on any atom is 0.164 e. The summed E-state index contributed by atoms with van der Waals surface area (Å²) in [7, 11) is 0. The number of nitrogens with zero attached hydrogens (tertiary/aromatic N) is 4. The van der Waals surface area contributed by atoms with Crippen molar-refractivity contribution in [1.29, 1.82) is 0 Å². The Balaban J connectivity index is 1.17. The molecule has 0 bridgehead atoms. The van der Waals surface area contributed by atoms with E-state index in [2.05, 4.69) is 193 Å². The number of thiophene rings is 1. The SMILES string of the molecule is c1ccc(-c2ccc3c(c2)c2ccccc2n3-c2cc(-c3nc(-c4ccccc4)nc(-c4cccc5sc6ccccc6c45)n3)c3c4ccccc4c4ccccc4c3c2)cc1. The van der Waals surface area contributed by atoms with Crippen LogP contribution in [0, 0.1) is 0 Å². The molecule has 0 radical (unpaired) electrons. The van der Waals surface area contributed by atoms with Crippen molar-refractivity contribution in [3.63, 3.8) is 0 Å². The van der Waals surface area contributed by atoms with Gasteiger partial charge in [-0.25, -0.2) is 15.0 Å². The molecule has 62 heavy (non-hydrogen) atoms. The van der Waals surface area contributed by atoms with E-state index in [1.165, 1.54) is 58.2 Å². The first-order valence-electron chi connectivity index (χ1n) is 20.9. The molecular formula is C57H34N4S. The number of benzene rings is 10. The largest absolute Gasteiger partial charge is 0.309 e. The Hall–Kier alpha value is -7.99. The molecule has 5 heteroatoms. The average Bonchev–Trinajstić information content (AvgIpc) is 3.90.